The van der Waals surface area contributed by atoms with Crippen molar-refractivity contribution in [1.82, 2.24) is 4.98 Å². The normalized spacial score (nSPS) is 11.5. The first-order valence-electron chi connectivity index (χ1n) is 5.45. The number of nitrogen functional groups attached to an aromatic ring is 1. The Morgan fingerprint density at radius 1 is 1.29 bits per heavy atom. The highest BCUT2D eigenvalue weighted by Crippen LogP contribution is 2.30. The first kappa shape index (κ1) is 11.9. The highest BCUT2D eigenvalue weighted by Gasteiger charge is 2.14. The van der Waals surface area contributed by atoms with Crippen LogP contribution in [0.1, 0.15) is 26.3 Å². The Balaban J connectivity index is 2.22. The SMILES string of the molecule is CC(C)(C)c1cccc(Oc2ncc(N)s2)c1. The van der Waals surface area contributed by atoms with Crippen LogP contribution in [0.4, 0.5) is 5.00 Å². The van der Waals surface area contributed by atoms with Crippen LogP contribution in [0, 0.1) is 0 Å². The number of ether oxygens (including phenoxy) is 1. The van der Waals surface area contributed by atoms with Crippen molar-refractivity contribution in [1.29, 1.82) is 0 Å². The third kappa shape index (κ3) is 2.97. The van der Waals surface area contributed by atoms with E-state index in [9.17, 15) is 0 Å². The highest BCUT2D eigenvalue weighted by atomic mass is 32.1. The van der Waals surface area contributed by atoms with E-state index in [-0.39, 0.29) is 5.41 Å². The summed E-state index contributed by atoms with van der Waals surface area (Å²) < 4.78 is 5.66. The molecule has 0 saturated carbocycles. The van der Waals surface area contributed by atoms with Gasteiger partial charge in [-0.2, -0.15) is 0 Å². The Kier molecular flexibility index (Phi) is 3.07. The number of anilines is 1. The molecule has 3 nitrogen and oxygen atoms in total. The van der Waals surface area contributed by atoms with Crippen LogP contribution < -0.4 is 10.5 Å². The molecule has 1 aromatic heterocycles. The maximum absolute atomic E-state index is 5.66. The standard InChI is InChI=1S/C13H16N2OS/c1-13(2,3)9-5-4-6-10(7-9)16-12-15-8-11(14)17-12/h4-8H,14H2,1-3H3. The second-order valence-electron chi connectivity index (χ2n) is 4.91. The van der Waals surface area contributed by atoms with Gasteiger partial charge in [-0.25, -0.2) is 4.98 Å². The topological polar surface area (TPSA) is 48.1 Å². The molecule has 0 aliphatic rings. The molecule has 2 N–H and O–H groups in total. The van der Waals surface area contributed by atoms with E-state index >= 15 is 0 Å². The van der Waals surface area contributed by atoms with Gasteiger partial charge in [-0.3, -0.25) is 0 Å². The van der Waals surface area contributed by atoms with Crippen LogP contribution in [0.5, 0.6) is 10.9 Å². The molecular weight excluding hydrogens is 232 g/mol. The van der Waals surface area contributed by atoms with Crippen molar-refractivity contribution in [2.45, 2.75) is 26.2 Å². The molecule has 0 unspecified atom stereocenters. The smallest absolute Gasteiger partial charge is 0.280 e. The third-order valence-electron chi connectivity index (χ3n) is 2.41. The van der Waals surface area contributed by atoms with E-state index in [1.165, 1.54) is 16.9 Å². The largest absolute Gasteiger partial charge is 0.431 e. The van der Waals surface area contributed by atoms with Crippen molar-refractivity contribution in [3.8, 4) is 10.9 Å². The molecule has 0 aliphatic heterocycles. The van der Waals surface area contributed by atoms with Gasteiger partial charge >= 0.3 is 0 Å². The summed E-state index contributed by atoms with van der Waals surface area (Å²) in [6.45, 7) is 6.52. The zero-order valence-electron chi connectivity index (χ0n) is 10.2. The molecule has 0 aliphatic carbocycles. The van der Waals surface area contributed by atoms with Crippen molar-refractivity contribution >= 4 is 16.3 Å². The number of aromatic nitrogens is 1. The minimum atomic E-state index is 0.112. The van der Waals surface area contributed by atoms with Crippen LogP contribution in [0.15, 0.2) is 30.5 Å². The minimum Gasteiger partial charge on any atom is -0.431 e. The van der Waals surface area contributed by atoms with Gasteiger partial charge in [0.25, 0.3) is 5.19 Å². The number of benzene rings is 1. The summed E-state index contributed by atoms with van der Waals surface area (Å²) in [5.74, 6) is 0.798. The van der Waals surface area contributed by atoms with Gasteiger partial charge < -0.3 is 10.5 Å². The Hall–Kier alpha value is -1.55. The fourth-order valence-electron chi connectivity index (χ4n) is 1.44. The van der Waals surface area contributed by atoms with Crippen molar-refractivity contribution in [2.24, 2.45) is 0 Å². The van der Waals surface area contributed by atoms with Gasteiger partial charge in [0.05, 0.1) is 6.20 Å². The maximum atomic E-state index is 5.66. The molecule has 0 bridgehead atoms. The summed E-state index contributed by atoms with van der Waals surface area (Å²) in [6.07, 6.45) is 1.60. The highest BCUT2D eigenvalue weighted by molar-refractivity contribution is 7.17. The number of nitrogens with zero attached hydrogens (tertiary/aromatic N) is 1. The molecule has 17 heavy (non-hydrogen) atoms. The van der Waals surface area contributed by atoms with E-state index in [4.69, 9.17) is 10.5 Å². The molecule has 0 radical (unpaired) electrons. The van der Waals surface area contributed by atoms with Crippen molar-refractivity contribution in [3.63, 3.8) is 0 Å². The molecule has 0 spiro atoms. The molecule has 1 aromatic carbocycles. The number of rotatable bonds is 2. The van der Waals surface area contributed by atoms with E-state index in [2.05, 4.69) is 31.8 Å². The zero-order valence-corrected chi connectivity index (χ0v) is 11.0. The Morgan fingerprint density at radius 3 is 2.65 bits per heavy atom. The van der Waals surface area contributed by atoms with Gasteiger partial charge in [0, 0.05) is 0 Å². The molecule has 90 valence electrons. The monoisotopic (exact) mass is 248 g/mol. The van der Waals surface area contributed by atoms with Crippen LogP contribution in [0.3, 0.4) is 0 Å². The maximum Gasteiger partial charge on any atom is 0.280 e. The van der Waals surface area contributed by atoms with Crippen LogP contribution in [0.2, 0.25) is 0 Å². The molecule has 0 fully saturated rings. The molecule has 4 heteroatoms. The Labute approximate surface area is 105 Å². The van der Waals surface area contributed by atoms with E-state index < -0.39 is 0 Å². The van der Waals surface area contributed by atoms with Gasteiger partial charge in [-0.15, -0.1) is 0 Å². The predicted octanol–water partition coefficient (Wildman–Crippen LogP) is 3.82. The van der Waals surface area contributed by atoms with Crippen LogP contribution in [-0.4, -0.2) is 4.98 Å². The second-order valence-corrected chi connectivity index (χ2v) is 5.93. The van der Waals surface area contributed by atoms with Gasteiger partial charge in [0.1, 0.15) is 10.8 Å². The summed E-state index contributed by atoms with van der Waals surface area (Å²) in [5, 5.41) is 1.24. The molecule has 2 rings (SSSR count). The Bertz CT molecular complexity index is 514. The third-order valence-corrected chi connectivity index (χ3v) is 3.11. The number of hydrogen-bond acceptors (Lipinski definition) is 4. The fraction of sp³-hybridized carbons (Fsp3) is 0.308. The molecule has 0 amide bonds. The van der Waals surface area contributed by atoms with Crippen LogP contribution in [-0.2, 0) is 5.41 Å². The molecule has 0 saturated heterocycles. The van der Waals surface area contributed by atoms with Crippen molar-refractivity contribution in [3.05, 3.63) is 36.0 Å². The molecule has 1 heterocycles. The summed E-state index contributed by atoms with van der Waals surface area (Å²) in [6, 6.07) is 8.06. The summed E-state index contributed by atoms with van der Waals surface area (Å²) in [4.78, 5) is 4.07. The lowest BCUT2D eigenvalue weighted by atomic mass is 9.87. The number of thiazole rings is 1. The average molecular weight is 248 g/mol. The van der Waals surface area contributed by atoms with Gasteiger partial charge in [-0.05, 0) is 23.1 Å². The fourth-order valence-corrected chi connectivity index (χ4v) is 1.99. The summed E-state index contributed by atoms with van der Waals surface area (Å²) in [7, 11) is 0. The van der Waals surface area contributed by atoms with E-state index in [0.717, 1.165) is 5.75 Å². The lowest BCUT2D eigenvalue weighted by Crippen LogP contribution is -2.10. The summed E-state index contributed by atoms with van der Waals surface area (Å²) >= 11 is 1.34. The van der Waals surface area contributed by atoms with E-state index in [1.807, 2.05) is 18.2 Å². The van der Waals surface area contributed by atoms with Crippen molar-refractivity contribution in [2.75, 3.05) is 5.73 Å². The summed E-state index contributed by atoms with van der Waals surface area (Å²) in [5.41, 5.74) is 6.96. The lowest BCUT2D eigenvalue weighted by Gasteiger charge is -2.19. The van der Waals surface area contributed by atoms with Crippen molar-refractivity contribution < 1.29 is 4.74 Å². The van der Waals surface area contributed by atoms with E-state index in [1.54, 1.807) is 6.20 Å². The van der Waals surface area contributed by atoms with Gasteiger partial charge in [-0.1, -0.05) is 44.2 Å². The quantitative estimate of drug-likeness (QED) is 0.879. The van der Waals surface area contributed by atoms with E-state index in [0.29, 0.717) is 10.2 Å². The number of nitrogens with two attached hydrogens (primary N) is 1. The average Bonchev–Trinajstić information content (AvgIpc) is 2.63. The number of hydrogen-bond donors (Lipinski definition) is 1. The van der Waals surface area contributed by atoms with Crippen LogP contribution >= 0.6 is 11.3 Å². The van der Waals surface area contributed by atoms with Gasteiger partial charge in [0.2, 0.25) is 0 Å². The first-order chi connectivity index (χ1) is 7.95. The Morgan fingerprint density at radius 2 is 2.06 bits per heavy atom. The van der Waals surface area contributed by atoms with Crippen LogP contribution in [0.25, 0.3) is 0 Å². The first-order valence-corrected chi connectivity index (χ1v) is 6.26. The van der Waals surface area contributed by atoms with Gasteiger partial charge in [0.15, 0.2) is 0 Å². The second kappa shape index (κ2) is 4.37. The minimum absolute atomic E-state index is 0.112. The molecule has 0 atom stereocenters. The lowest BCUT2D eigenvalue weighted by molar-refractivity contribution is 0.475. The molecule has 2 aromatic rings. The zero-order chi connectivity index (χ0) is 12.5. The molecular formula is C13H16N2OS. The predicted molar refractivity (Wildman–Crippen MR) is 71.7 cm³/mol.